The molecule has 66 valence electrons. The molecule has 1 aromatic heterocycles. The van der Waals surface area contributed by atoms with Crippen LogP contribution in [-0.4, -0.2) is 21.0 Å². The normalized spacial score (nSPS) is 10.2. The second-order valence-electron chi connectivity index (χ2n) is 1.87. The smallest absolute Gasteiger partial charge is 0.410 e. The highest BCUT2D eigenvalue weighted by molar-refractivity contribution is 5.81. The van der Waals surface area contributed by atoms with Crippen molar-refractivity contribution in [3.63, 3.8) is 0 Å². The lowest BCUT2D eigenvalue weighted by Crippen LogP contribution is -2.13. The van der Waals surface area contributed by atoms with E-state index in [9.17, 15) is 13.6 Å². The molecule has 0 saturated carbocycles. The number of amides is 1. The van der Waals surface area contributed by atoms with Gasteiger partial charge in [-0.15, -0.1) is 0 Å². The van der Waals surface area contributed by atoms with E-state index in [4.69, 9.17) is 5.11 Å². The number of rotatable bonds is 2. The molecule has 0 atom stereocenters. The minimum Gasteiger partial charge on any atom is -0.465 e. The summed E-state index contributed by atoms with van der Waals surface area (Å²) in [6.07, 6.45) is -0.324. The Bertz CT molecular complexity index is 286. The highest BCUT2D eigenvalue weighted by Crippen LogP contribution is 2.15. The predicted molar refractivity (Wildman–Crippen MR) is 35.1 cm³/mol. The van der Waals surface area contributed by atoms with Crippen LogP contribution < -0.4 is 5.32 Å². The van der Waals surface area contributed by atoms with Gasteiger partial charge < -0.3 is 5.11 Å². The van der Waals surface area contributed by atoms with Gasteiger partial charge in [-0.25, -0.2) is 4.79 Å². The van der Waals surface area contributed by atoms with E-state index in [1.54, 1.807) is 5.32 Å². The summed E-state index contributed by atoms with van der Waals surface area (Å²) in [5.41, 5.74) is 0. The van der Waals surface area contributed by atoms with Crippen molar-refractivity contribution in [1.29, 1.82) is 0 Å². The second-order valence-corrected chi connectivity index (χ2v) is 1.87. The number of nitrogens with one attached hydrogen (secondary N) is 1. The van der Waals surface area contributed by atoms with E-state index in [-0.39, 0.29) is 10.5 Å². The van der Waals surface area contributed by atoms with Gasteiger partial charge in [0.15, 0.2) is 0 Å². The Hall–Kier alpha value is -1.66. The molecule has 5 nitrogen and oxygen atoms in total. The summed E-state index contributed by atoms with van der Waals surface area (Å²) in [7, 11) is 0. The zero-order valence-corrected chi connectivity index (χ0v) is 5.74. The van der Waals surface area contributed by atoms with Crippen LogP contribution in [-0.2, 0) is 0 Å². The van der Waals surface area contributed by atoms with E-state index in [1.807, 2.05) is 0 Å². The van der Waals surface area contributed by atoms with Gasteiger partial charge in [-0.2, -0.15) is 18.6 Å². The average molecular weight is 177 g/mol. The van der Waals surface area contributed by atoms with E-state index < -0.39 is 12.6 Å². The Morgan fingerprint density at radius 2 is 2.42 bits per heavy atom. The van der Waals surface area contributed by atoms with Crippen molar-refractivity contribution < 1.29 is 18.7 Å². The summed E-state index contributed by atoms with van der Waals surface area (Å²) < 4.78 is 24.2. The molecule has 0 fully saturated rings. The molecule has 1 aromatic rings. The minimum absolute atomic E-state index is 0.252. The van der Waals surface area contributed by atoms with Crippen molar-refractivity contribution >= 4 is 11.9 Å². The molecule has 1 heterocycles. The maximum atomic E-state index is 12.0. The maximum Gasteiger partial charge on any atom is 0.410 e. The Morgan fingerprint density at radius 1 is 1.75 bits per heavy atom. The first-order valence-electron chi connectivity index (χ1n) is 2.93. The Kier molecular flexibility index (Phi) is 2.22. The molecule has 0 aliphatic heterocycles. The molecule has 0 aromatic carbocycles. The van der Waals surface area contributed by atoms with E-state index in [2.05, 4.69) is 5.10 Å². The van der Waals surface area contributed by atoms with Gasteiger partial charge in [-0.05, 0) is 0 Å². The fourth-order valence-corrected chi connectivity index (χ4v) is 0.678. The third-order valence-electron chi connectivity index (χ3n) is 1.09. The summed E-state index contributed by atoms with van der Waals surface area (Å²) in [5, 5.41) is 13.2. The second kappa shape index (κ2) is 3.16. The fraction of sp³-hybridized carbons (Fsp3) is 0.200. The number of hydrogen-bond acceptors (Lipinski definition) is 2. The average Bonchev–Trinajstić information content (AvgIpc) is 2.33. The maximum absolute atomic E-state index is 12.0. The van der Waals surface area contributed by atoms with E-state index in [0.717, 1.165) is 12.3 Å². The molecule has 0 bridgehead atoms. The van der Waals surface area contributed by atoms with Gasteiger partial charge in [0.1, 0.15) is 5.82 Å². The molecule has 12 heavy (non-hydrogen) atoms. The molecule has 1 rings (SSSR count). The number of nitrogens with zero attached hydrogens (tertiary/aromatic N) is 2. The van der Waals surface area contributed by atoms with Gasteiger partial charge in [0, 0.05) is 6.07 Å². The number of hydrogen-bond donors (Lipinski definition) is 2. The van der Waals surface area contributed by atoms with Crippen LogP contribution in [0.1, 0.15) is 6.55 Å². The number of aromatic nitrogens is 2. The van der Waals surface area contributed by atoms with Crippen LogP contribution >= 0.6 is 0 Å². The Morgan fingerprint density at radius 3 is 2.92 bits per heavy atom. The van der Waals surface area contributed by atoms with Crippen LogP contribution in [0.2, 0.25) is 0 Å². The third-order valence-corrected chi connectivity index (χ3v) is 1.09. The van der Waals surface area contributed by atoms with Crippen LogP contribution in [0.15, 0.2) is 12.3 Å². The molecule has 0 saturated heterocycles. The van der Waals surface area contributed by atoms with Crippen molar-refractivity contribution in [2.45, 2.75) is 6.55 Å². The summed E-state index contributed by atoms with van der Waals surface area (Å²) in [6, 6.07) is 1.14. The lowest BCUT2D eigenvalue weighted by molar-refractivity contribution is 0.0589. The van der Waals surface area contributed by atoms with Gasteiger partial charge in [0.25, 0.3) is 0 Å². The molecular weight excluding hydrogens is 172 g/mol. The summed E-state index contributed by atoms with van der Waals surface area (Å²) in [6.45, 7) is -2.85. The van der Waals surface area contributed by atoms with Crippen molar-refractivity contribution in [2.75, 3.05) is 5.32 Å². The number of carbonyl (C=O) groups is 1. The van der Waals surface area contributed by atoms with Gasteiger partial charge in [-0.3, -0.25) is 5.32 Å². The summed E-state index contributed by atoms with van der Waals surface area (Å²) in [5.74, 6) is -0.252. The van der Waals surface area contributed by atoms with Crippen LogP contribution in [0.25, 0.3) is 0 Å². The molecule has 0 spiro atoms. The molecule has 0 aliphatic carbocycles. The molecule has 0 radical (unpaired) electrons. The largest absolute Gasteiger partial charge is 0.465 e. The number of anilines is 1. The minimum atomic E-state index is -2.85. The molecule has 0 aliphatic rings. The first-order valence-corrected chi connectivity index (χ1v) is 2.93. The predicted octanol–water partition coefficient (Wildman–Crippen LogP) is 1.37. The standard InChI is InChI=1S/C5H5F2N3O2/c6-4(7)10-3(1-2-8-10)9-5(11)12/h1-2,4,9H,(H,11,12). The van der Waals surface area contributed by atoms with Crippen LogP contribution in [0.5, 0.6) is 0 Å². The van der Waals surface area contributed by atoms with Gasteiger partial charge in [-0.1, -0.05) is 0 Å². The van der Waals surface area contributed by atoms with Gasteiger partial charge in [0.05, 0.1) is 6.20 Å². The van der Waals surface area contributed by atoms with E-state index in [0.29, 0.717) is 0 Å². The Balaban J connectivity index is 2.84. The van der Waals surface area contributed by atoms with Crippen LogP contribution in [0, 0.1) is 0 Å². The zero-order valence-electron chi connectivity index (χ0n) is 5.74. The SMILES string of the molecule is O=C(O)Nc1ccnn1C(F)F. The molecule has 7 heteroatoms. The quantitative estimate of drug-likeness (QED) is 0.716. The van der Waals surface area contributed by atoms with Crippen molar-refractivity contribution in [3.8, 4) is 0 Å². The first-order chi connectivity index (χ1) is 5.61. The van der Waals surface area contributed by atoms with Crippen molar-refractivity contribution in [2.24, 2.45) is 0 Å². The highest BCUT2D eigenvalue weighted by Gasteiger charge is 2.12. The van der Waals surface area contributed by atoms with E-state index in [1.165, 1.54) is 0 Å². The monoisotopic (exact) mass is 177 g/mol. The number of halogens is 2. The zero-order chi connectivity index (χ0) is 9.14. The third kappa shape index (κ3) is 1.68. The Labute approximate surface area is 65.6 Å². The molecule has 0 unspecified atom stereocenters. The van der Waals surface area contributed by atoms with Crippen LogP contribution in [0.3, 0.4) is 0 Å². The summed E-state index contributed by atoms with van der Waals surface area (Å²) in [4.78, 5) is 10.0. The topological polar surface area (TPSA) is 67.2 Å². The number of carboxylic acid groups (broad SMARTS) is 1. The lowest BCUT2D eigenvalue weighted by Gasteiger charge is -2.03. The van der Waals surface area contributed by atoms with Gasteiger partial charge in [0.2, 0.25) is 0 Å². The lowest BCUT2D eigenvalue weighted by atomic mass is 10.6. The van der Waals surface area contributed by atoms with Crippen LogP contribution in [0.4, 0.5) is 19.4 Å². The van der Waals surface area contributed by atoms with E-state index >= 15 is 0 Å². The molecule has 1 amide bonds. The first kappa shape index (κ1) is 8.44. The molecule has 2 N–H and O–H groups in total. The highest BCUT2D eigenvalue weighted by atomic mass is 19.3. The van der Waals surface area contributed by atoms with Gasteiger partial charge >= 0.3 is 12.6 Å². The van der Waals surface area contributed by atoms with Crippen molar-refractivity contribution in [1.82, 2.24) is 9.78 Å². The summed E-state index contributed by atoms with van der Waals surface area (Å²) >= 11 is 0. The molecular formula is C5H5F2N3O2. The number of alkyl halides is 2. The van der Waals surface area contributed by atoms with Crippen molar-refractivity contribution in [3.05, 3.63) is 12.3 Å². The fourth-order valence-electron chi connectivity index (χ4n) is 0.678.